The molecule has 2 rings (SSSR count). The van der Waals surface area contributed by atoms with Gasteiger partial charge in [0.1, 0.15) is 12.4 Å². The molecule has 2 aromatic carbocycles. The normalized spacial score (nSPS) is 10.6. The number of rotatable bonds is 11. The van der Waals surface area contributed by atoms with Crippen molar-refractivity contribution in [3.05, 3.63) is 53.6 Å². The summed E-state index contributed by atoms with van der Waals surface area (Å²) in [6.45, 7) is 1.28. The van der Waals surface area contributed by atoms with E-state index in [0.29, 0.717) is 36.8 Å². The summed E-state index contributed by atoms with van der Waals surface area (Å²) in [5.74, 6) is 1.62. The topological polar surface area (TPSA) is 78.5 Å². The zero-order valence-electron chi connectivity index (χ0n) is 16.6. The van der Waals surface area contributed by atoms with E-state index in [1.165, 1.54) is 26.6 Å². The van der Waals surface area contributed by atoms with Gasteiger partial charge in [0.15, 0.2) is 11.5 Å². The minimum Gasteiger partial charge on any atom is -0.493 e. The van der Waals surface area contributed by atoms with Gasteiger partial charge in [-0.1, -0.05) is 17.4 Å². The molecular weight excluding hydrogens is 364 g/mol. The van der Waals surface area contributed by atoms with Crippen molar-refractivity contribution in [3.63, 3.8) is 0 Å². The van der Waals surface area contributed by atoms with Gasteiger partial charge in [-0.15, -0.1) is 0 Å². The Labute approximate surface area is 164 Å². The molecule has 0 atom stereocenters. The van der Waals surface area contributed by atoms with Crippen LogP contribution in [0.15, 0.2) is 42.5 Å². The number of carbonyl (C=O) groups excluding carboxylic acids is 1. The predicted molar refractivity (Wildman–Crippen MR) is 103 cm³/mol. The van der Waals surface area contributed by atoms with Crippen LogP contribution in [0.5, 0.6) is 17.2 Å². The molecular formula is C20H26N2O6. The van der Waals surface area contributed by atoms with Crippen molar-refractivity contribution in [3.8, 4) is 17.2 Å². The number of hydrogen-bond donors (Lipinski definition) is 1. The van der Waals surface area contributed by atoms with E-state index in [0.717, 1.165) is 11.3 Å². The summed E-state index contributed by atoms with van der Waals surface area (Å²) in [5.41, 5.74) is 1.45. The number of carbonyl (C=O) groups is 1. The summed E-state index contributed by atoms with van der Waals surface area (Å²) in [7, 11) is 6.13. The Morgan fingerprint density at radius 3 is 2.21 bits per heavy atom. The third-order valence-corrected chi connectivity index (χ3v) is 3.97. The average molecular weight is 390 g/mol. The Bertz CT molecular complexity index is 747. The first-order valence-corrected chi connectivity index (χ1v) is 8.69. The van der Waals surface area contributed by atoms with Gasteiger partial charge in [0.2, 0.25) is 0 Å². The molecule has 0 radical (unpaired) electrons. The molecule has 8 heteroatoms. The monoisotopic (exact) mass is 390 g/mol. The van der Waals surface area contributed by atoms with Gasteiger partial charge in [-0.2, -0.15) is 0 Å². The number of hydrogen-bond acceptors (Lipinski definition) is 7. The SMILES string of the molecule is COc1ccc(C(=O)NCc2ccc(OCCN(OC)OC)cc2)cc1OC. The Morgan fingerprint density at radius 1 is 0.929 bits per heavy atom. The van der Waals surface area contributed by atoms with E-state index < -0.39 is 0 Å². The van der Waals surface area contributed by atoms with Crippen LogP contribution in [-0.4, -0.2) is 52.7 Å². The molecule has 2 aromatic rings. The van der Waals surface area contributed by atoms with Crippen molar-refractivity contribution < 1.29 is 28.7 Å². The van der Waals surface area contributed by atoms with Crippen LogP contribution in [-0.2, 0) is 16.2 Å². The Kier molecular flexibility index (Phi) is 8.54. The van der Waals surface area contributed by atoms with Crippen molar-refractivity contribution in [2.45, 2.75) is 6.54 Å². The number of ether oxygens (including phenoxy) is 3. The lowest BCUT2D eigenvalue weighted by molar-refractivity contribution is -0.343. The Morgan fingerprint density at radius 2 is 1.61 bits per heavy atom. The van der Waals surface area contributed by atoms with Gasteiger partial charge >= 0.3 is 0 Å². The molecule has 0 bridgehead atoms. The Hall–Kier alpha value is -2.81. The van der Waals surface area contributed by atoms with E-state index in [2.05, 4.69) is 5.32 Å². The molecule has 0 saturated carbocycles. The molecule has 152 valence electrons. The van der Waals surface area contributed by atoms with Crippen LogP contribution < -0.4 is 19.5 Å². The van der Waals surface area contributed by atoms with Crippen LogP contribution in [0, 0.1) is 0 Å². The van der Waals surface area contributed by atoms with Gasteiger partial charge in [0.25, 0.3) is 5.91 Å². The maximum absolute atomic E-state index is 12.4. The lowest BCUT2D eigenvalue weighted by Gasteiger charge is -2.16. The quantitative estimate of drug-likeness (QED) is 0.591. The molecule has 0 aliphatic heterocycles. The van der Waals surface area contributed by atoms with Gasteiger partial charge in [0, 0.05) is 12.1 Å². The van der Waals surface area contributed by atoms with Gasteiger partial charge in [0.05, 0.1) is 35.0 Å². The summed E-state index contributed by atoms with van der Waals surface area (Å²) in [6.07, 6.45) is 0. The Balaban J connectivity index is 1.85. The number of nitrogens with one attached hydrogen (secondary N) is 1. The molecule has 0 spiro atoms. The summed E-state index contributed by atoms with van der Waals surface area (Å²) in [4.78, 5) is 22.3. The second-order valence-electron chi connectivity index (χ2n) is 5.67. The van der Waals surface area contributed by atoms with E-state index >= 15 is 0 Å². The second-order valence-corrected chi connectivity index (χ2v) is 5.67. The van der Waals surface area contributed by atoms with Gasteiger partial charge in [-0.05, 0) is 35.9 Å². The highest BCUT2D eigenvalue weighted by Crippen LogP contribution is 2.27. The maximum atomic E-state index is 12.4. The van der Waals surface area contributed by atoms with Crippen molar-refractivity contribution in [2.24, 2.45) is 0 Å². The highest BCUT2D eigenvalue weighted by Gasteiger charge is 2.10. The minimum absolute atomic E-state index is 0.194. The fourth-order valence-electron chi connectivity index (χ4n) is 2.46. The van der Waals surface area contributed by atoms with Crippen LogP contribution in [0.25, 0.3) is 0 Å². The first-order valence-electron chi connectivity index (χ1n) is 8.69. The lowest BCUT2D eigenvalue weighted by atomic mass is 10.1. The van der Waals surface area contributed by atoms with E-state index in [9.17, 15) is 4.79 Å². The highest BCUT2D eigenvalue weighted by molar-refractivity contribution is 5.94. The highest BCUT2D eigenvalue weighted by atomic mass is 16.9. The summed E-state index contributed by atoms with van der Waals surface area (Å²) in [5, 5.41) is 4.20. The van der Waals surface area contributed by atoms with Crippen LogP contribution in [0.2, 0.25) is 0 Å². The first kappa shape index (κ1) is 21.5. The largest absolute Gasteiger partial charge is 0.493 e. The second kappa shape index (κ2) is 11.1. The molecule has 8 nitrogen and oxygen atoms in total. The van der Waals surface area contributed by atoms with E-state index in [4.69, 9.17) is 23.9 Å². The number of hydroxylamine groups is 2. The van der Waals surface area contributed by atoms with Gasteiger partial charge in [-0.3, -0.25) is 14.5 Å². The van der Waals surface area contributed by atoms with E-state index in [-0.39, 0.29) is 5.91 Å². The van der Waals surface area contributed by atoms with Gasteiger partial charge in [-0.25, -0.2) is 0 Å². The van der Waals surface area contributed by atoms with Crippen LogP contribution >= 0.6 is 0 Å². The molecule has 0 aliphatic carbocycles. The third-order valence-electron chi connectivity index (χ3n) is 3.97. The molecule has 0 fully saturated rings. The summed E-state index contributed by atoms with van der Waals surface area (Å²) in [6, 6.07) is 12.5. The number of nitrogens with zero attached hydrogens (tertiary/aromatic N) is 1. The molecule has 0 aromatic heterocycles. The molecule has 28 heavy (non-hydrogen) atoms. The van der Waals surface area contributed by atoms with Gasteiger partial charge < -0.3 is 19.5 Å². The number of methoxy groups -OCH3 is 2. The fourth-order valence-corrected chi connectivity index (χ4v) is 2.46. The van der Waals surface area contributed by atoms with Crippen molar-refractivity contribution in [1.29, 1.82) is 0 Å². The number of amides is 1. The standard InChI is InChI=1S/C20H26N2O6/c1-24-18-10-7-16(13-19(18)25-2)20(23)21-14-15-5-8-17(9-6-15)28-12-11-22(26-3)27-4/h5-10,13H,11-12,14H2,1-4H3,(H,21,23). The van der Waals surface area contributed by atoms with Crippen molar-refractivity contribution >= 4 is 5.91 Å². The zero-order chi connectivity index (χ0) is 20.4. The maximum Gasteiger partial charge on any atom is 0.251 e. The zero-order valence-corrected chi connectivity index (χ0v) is 16.6. The van der Waals surface area contributed by atoms with Crippen LogP contribution in [0.4, 0.5) is 0 Å². The molecule has 0 saturated heterocycles. The van der Waals surface area contributed by atoms with E-state index in [1.54, 1.807) is 25.3 Å². The fraction of sp³-hybridized carbons (Fsp3) is 0.350. The summed E-state index contributed by atoms with van der Waals surface area (Å²) >= 11 is 0. The predicted octanol–water partition coefficient (Wildman–Crippen LogP) is 2.44. The van der Waals surface area contributed by atoms with Crippen LogP contribution in [0.1, 0.15) is 15.9 Å². The summed E-state index contributed by atoms with van der Waals surface area (Å²) < 4.78 is 16.0. The third kappa shape index (κ3) is 6.12. The van der Waals surface area contributed by atoms with Crippen molar-refractivity contribution in [2.75, 3.05) is 41.6 Å². The smallest absolute Gasteiger partial charge is 0.251 e. The van der Waals surface area contributed by atoms with Crippen LogP contribution in [0.3, 0.4) is 0 Å². The van der Waals surface area contributed by atoms with E-state index in [1.807, 2.05) is 24.3 Å². The molecule has 1 N–H and O–H groups in total. The van der Waals surface area contributed by atoms with Crippen molar-refractivity contribution in [1.82, 2.24) is 10.5 Å². The molecule has 1 amide bonds. The number of benzene rings is 2. The average Bonchev–Trinajstić information content (AvgIpc) is 2.75. The molecule has 0 heterocycles. The lowest BCUT2D eigenvalue weighted by Crippen LogP contribution is -2.26. The molecule has 0 unspecified atom stereocenters. The first-order chi connectivity index (χ1) is 13.6. The minimum atomic E-state index is -0.194. The molecule has 0 aliphatic rings.